The first-order chi connectivity index (χ1) is 6.86. The van der Waals surface area contributed by atoms with Crippen LogP contribution in [0.1, 0.15) is 11.1 Å². The fourth-order valence-corrected chi connectivity index (χ4v) is 0.886. The summed E-state index contributed by atoms with van der Waals surface area (Å²) in [6, 6.07) is 17.9. The molecule has 0 saturated heterocycles. The van der Waals surface area contributed by atoms with E-state index in [-0.39, 0.29) is 0 Å². The molecule has 2 nitrogen and oxygen atoms in total. The van der Waals surface area contributed by atoms with Crippen molar-refractivity contribution >= 4 is 0 Å². The second-order valence-electron chi connectivity index (χ2n) is 2.57. The lowest BCUT2D eigenvalue weighted by Crippen LogP contribution is -1.69. The third-order valence-electron chi connectivity index (χ3n) is 1.59. The van der Waals surface area contributed by atoms with Crippen LogP contribution in [-0.4, -0.2) is 0 Å². The van der Waals surface area contributed by atoms with E-state index in [2.05, 4.69) is 0 Å². The maximum absolute atomic E-state index is 8.71. The molecule has 0 spiro atoms. The Morgan fingerprint density at radius 2 is 1.07 bits per heavy atom. The summed E-state index contributed by atoms with van der Waals surface area (Å²) >= 11 is 0. The van der Waals surface area contributed by atoms with Gasteiger partial charge in [0.25, 0.3) is 0 Å². The second-order valence-corrected chi connectivity index (χ2v) is 2.57. The molecule has 0 heterocycles. The molecule has 14 heavy (non-hydrogen) atoms. The maximum atomic E-state index is 8.71. The van der Waals surface area contributed by atoms with Gasteiger partial charge in [-0.25, -0.2) is 0 Å². The Kier molecular flexibility index (Phi) is 3.73. The van der Waals surface area contributed by atoms with Crippen molar-refractivity contribution in [2.75, 3.05) is 0 Å². The van der Waals surface area contributed by atoms with Crippen LogP contribution in [0.2, 0.25) is 0 Å². The van der Waals surface area contributed by atoms with Gasteiger partial charge in [0.1, 0.15) is 0 Å². The van der Waals surface area contributed by atoms with Crippen LogP contribution in [0.15, 0.2) is 48.5 Å². The SMILES string of the molecule is N#Cc1ccccccc(C#N)cc1. The average molecular weight is 180 g/mol. The van der Waals surface area contributed by atoms with Gasteiger partial charge in [-0.15, -0.1) is 0 Å². The van der Waals surface area contributed by atoms with Gasteiger partial charge in [-0.2, -0.15) is 10.5 Å². The molecule has 2 heteroatoms. The molecule has 0 aromatic heterocycles. The Hall–Kier alpha value is -2.32. The summed E-state index contributed by atoms with van der Waals surface area (Å²) in [5, 5.41) is 17.4. The number of rotatable bonds is 0. The number of hydrogen-bond acceptors (Lipinski definition) is 2. The highest BCUT2D eigenvalue weighted by Crippen LogP contribution is 1.96. The molecule has 0 aliphatic heterocycles. The molecule has 1 aromatic rings. The monoisotopic (exact) mass is 180 g/mol. The smallest absolute Gasteiger partial charge is 0.0991 e. The van der Waals surface area contributed by atoms with Gasteiger partial charge in [0.2, 0.25) is 0 Å². The van der Waals surface area contributed by atoms with Gasteiger partial charge in [0.15, 0.2) is 0 Å². The summed E-state index contributed by atoms with van der Waals surface area (Å²) in [5.41, 5.74) is 1.05. The highest BCUT2D eigenvalue weighted by molar-refractivity contribution is 5.31. The molecule has 0 unspecified atom stereocenters. The highest BCUT2D eigenvalue weighted by atomic mass is 14.2. The Morgan fingerprint density at radius 1 is 0.643 bits per heavy atom. The lowest BCUT2D eigenvalue weighted by atomic mass is 10.2. The Bertz CT molecular complexity index is 405. The van der Waals surface area contributed by atoms with Crippen LogP contribution < -0.4 is 0 Å². The van der Waals surface area contributed by atoms with Gasteiger partial charge in [-0.3, -0.25) is 0 Å². The normalized spacial score (nSPS) is 7.86. The summed E-state index contributed by atoms with van der Waals surface area (Å²) < 4.78 is 0. The number of nitriles is 2. The van der Waals surface area contributed by atoms with Crippen molar-refractivity contribution in [3.05, 3.63) is 59.7 Å². The van der Waals surface area contributed by atoms with Gasteiger partial charge in [0, 0.05) is 0 Å². The van der Waals surface area contributed by atoms with Crippen molar-refractivity contribution < 1.29 is 0 Å². The van der Waals surface area contributed by atoms with E-state index >= 15 is 0 Å². The average Bonchev–Trinajstić information content (AvgIpc) is 2.25. The highest BCUT2D eigenvalue weighted by Gasteiger charge is 1.83. The zero-order chi connectivity index (χ0) is 10.2. The first-order valence-corrected chi connectivity index (χ1v) is 4.10. The topological polar surface area (TPSA) is 47.6 Å². The Morgan fingerprint density at radius 3 is 1.43 bits per heavy atom. The molecule has 0 aliphatic rings. The van der Waals surface area contributed by atoms with Crippen LogP contribution in [0.5, 0.6) is 0 Å². The summed E-state index contributed by atoms with van der Waals surface area (Å²) in [5.74, 6) is 0. The van der Waals surface area contributed by atoms with Crippen molar-refractivity contribution in [2.24, 2.45) is 0 Å². The predicted octanol–water partition coefficient (Wildman–Crippen LogP) is 2.55. The van der Waals surface area contributed by atoms with Gasteiger partial charge < -0.3 is 0 Å². The molecule has 66 valence electrons. The van der Waals surface area contributed by atoms with Gasteiger partial charge >= 0.3 is 0 Å². The second kappa shape index (κ2) is 5.35. The fraction of sp³-hybridized carbons (Fsp3) is 0. The third-order valence-corrected chi connectivity index (χ3v) is 1.59. The molecular formula is C12H8N2. The fourth-order valence-electron chi connectivity index (χ4n) is 0.886. The zero-order valence-electron chi connectivity index (χ0n) is 7.51. The van der Waals surface area contributed by atoms with Gasteiger partial charge in [-0.1, -0.05) is 24.3 Å². The van der Waals surface area contributed by atoms with E-state index in [4.69, 9.17) is 10.5 Å². The molecule has 0 radical (unpaired) electrons. The van der Waals surface area contributed by atoms with E-state index < -0.39 is 0 Å². The van der Waals surface area contributed by atoms with Crippen LogP contribution in [0, 0.1) is 22.7 Å². The van der Waals surface area contributed by atoms with Crippen molar-refractivity contribution in [1.82, 2.24) is 0 Å². The maximum Gasteiger partial charge on any atom is 0.0991 e. The van der Waals surface area contributed by atoms with Crippen molar-refractivity contribution in [3.8, 4) is 12.1 Å². The molecule has 0 bridgehead atoms. The van der Waals surface area contributed by atoms with E-state index in [0.29, 0.717) is 11.1 Å². The van der Waals surface area contributed by atoms with Crippen LogP contribution in [0.3, 0.4) is 0 Å². The minimum atomic E-state index is 0.526. The molecule has 1 aromatic carbocycles. The lowest BCUT2D eigenvalue weighted by Gasteiger charge is -1.82. The Labute approximate surface area is 83.0 Å². The summed E-state index contributed by atoms with van der Waals surface area (Å²) in [6.07, 6.45) is 0. The number of nitrogens with zero attached hydrogens (tertiary/aromatic N) is 2. The van der Waals surface area contributed by atoms with E-state index in [1.807, 2.05) is 24.3 Å². The number of hydrogen-bond donors (Lipinski definition) is 0. The van der Waals surface area contributed by atoms with E-state index in [1.165, 1.54) is 0 Å². The molecule has 0 saturated carbocycles. The molecule has 0 N–H and O–H groups in total. The summed E-state index contributed by atoms with van der Waals surface area (Å²) in [7, 11) is 0. The van der Waals surface area contributed by atoms with Crippen molar-refractivity contribution in [2.45, 2.75) is 0 Å². The molecule has 0 amide bonds. The van der Waals surface area contributed by atoms with Crippen LogP contribution >= 0.6 is 0 Å². The molecule has 1 rings (SSSR count). The largest absolute Gasteiger partial charge is 0.192 e. The summed E-state index contributed by atoms with van der Waals surface area (Å²) in [4.78, 5) is 0. The third kappa shape index (κ3) is 2.97. The molecular weight excluding hydrogens is 172 g/mol. The first kappa shape index (κ1) is 9.77. The summed E-state index contributed by atoms with van der Waals surface area (Å²) in [6.45, 7) is 0. The molecule has 0 atom stereocenters. The van der Waals surface area contributed by atoms with Gasteiger partial charge in [0.05, 0.1) is 23.3 Å². The Balaban J connectivity index is 3.36. The van der Waals surface area contributed by atoms with E-state index in [1.54, 1.807) is 36.4 Å². The van der Waals surface area contributed by atoms with Crippen molar-refractivity contribution in [3.63, 3.8) is 0 Å². The zero-order valence-corrected chi connectivity index (χ0v) is 7.51. The standard InChI is InChI=1S/C12H8N2/c13-9-11-5-3-1-2-4-6-12(10-14)8-7-11/h1-8H. The van der Waals surface area contributed by atoms with E-state index in [0.717, 1.165) is 0 Å². The predicted molar refractivity (Wildman–Crippen MR) is 53.5 cm³/mol. The van der Waals surface area contributed by atoms with Crippen LogP contribution in [0.25, 0.3) is 0 Å². The quantitative estimate of drug-likeness (QED) is 0.616. The van der Waals surface area contributed by atoms with Gasteiger partial charge in [-0.05, 0) is 24.3 Å². The van der Waals surface area contributed by atoms with Crippen LogP contribution in [0.4, 0.5) is 0 Å². The van der Waals surface area contributed by atoms with Crippen LogP contribution in [-0.2, 0) is 0 Å². The first-order valence-electron chi connectivity index (χ1n) is 4.10. The minimum absolute atomic E-state index is 0.526. The van der Waals surface area contributed by atoms with E-state index in [9.17, 15) is 0 Å². The lowest BCUT2D eigenvalue weighted by molar-refractivity contribution is 1.47. The molecule has 0 aliphatic carbocycles. The molecule has 0 fully saturated rings. The minimum Gasteiger partial charge on any atom is -0.192 e. The van der Waals surface area contributed by atoms with Crippen molar-refractivity contribution in [1.29, 1.82) is 10.5 Å².